The molecule has 1 N–H and O–H groups in total. The van der Waals surface area contributed by atoms with E-state index in [-0.39, 0.29) is 22.6 Å². The van der Waals surface area contributed by atoms with Crippen molar-refractivity contribution in [3.8, 4) is 0 Å². The average Bonchev–Trinajstić information content (AvgIpc) is 2.52. The maximum absolute atomic E-state index is 13.8. The molecule has 0 radical (unpaired) electrons. The summed E-state index contributed by atoms with van der Waals surface area (Å²) in [4.78, 5) is 11.6. The van der Waals surface area contributed by atoms with E-state index in [1.165, 1.54) is 18.2 Å². The number of hydrogen-bond donors (Lipinski definition) is 1. The van der Waals surface area contributed by atoms with E-state index < -0.39 is 51.6 Å². The molecule has 1 rings (SSSR count). The van der Waals surface area contributed by atoms with Crippen LogP contribution in [0.15, 0.2) is 39.7 Å². The molecule has 1 aromatic carbocycles. The molecule has 0 saturated carbocycles. The van der Waals surface area contributed by atoms with Crippen LogP contribution in [0, 0.1) is 0 Å². The molecule has 146 valence electrons. The van der Waals surface area contributed by atoms with Crippen LogP contribution >= 0.6 is 22.6 Å². The Morgan fingerprint density at radius 1 is 0.962 bits per heavy atom. The van der Waals surface area contributed by atoms with Crippen molar-refractivity contribution in [3.05, 3.63) is 45.3 Å². The highest BCUT2D eigenvalue weighted by Crippen LogP contribution is 2.49. The summed E-state index contributed by atoms with van der Waals surface area (Å²) in [6.45, 7) is -0.433. The molecule has 0 heterocycles. The molecule has 0 spiro atoms. The second kappa shape index (κ2) is 7.27. The topological polar surface area (TPSA) is 29.1 Å². The van der Waals surface area contributed by atoms with Crippen LogP contribution in [0.5, 0.6) is 0 Å². The van der Waals surface area contributed by atoms with E-state index in [1.807, 2.05) is 0 Å². The standard InChI is InChI=1S/C14H9F9INO/c1-11(16,13(19,20)21)8(15)9(24)12(17,18)14(22,23)25-10(26)7-5-3-2-4-6-7/h2-6H,1H3,(H,25,26)/b9-8+. The Kier molecular flexibility index (Phi) is 6.31. The van der Waals surface area contributed by atoms with Gasteiger partial charge in [0.05, 0.1) is 0 Å². The SMILES string of the molecule is CC(F)(/C(F)=C(\I)C(F)(F)C(F)(F)NC(=O)c1ccccc1)C(F)(F)F. The minimum Gasteiger partial charge on any atom is -0.288 e. The largest absolute Gasteiger partial charge is 0.428 e. The van der Waals surface area contributed by atoms with Crippen molar-refractivity contribution in [2.24, 2.45) is 0 Å². The summed E-state index contributed by atoms with van der Waals surface area (Å²) in [5.74, 6) is -10.5. The van der Waals surface area contributed by atoms with Gasteiger partial charge in [-0.3, -0.25) is 10.1 Å². The van der Waals surface area contributed by atoms with E-state index in [1.54, 1.807) is 0 Å². The van der Waals surface area contributed by atoms with E-state index in [9.17, 15) is 44.3 Å². The van der Waals surface area contributed by atoms with E-state index in [2.05, 4.69) is 0 Å². The molecule has 1 amide bonds. The van der Waals surface area contributed by atoms with Crippen LogP contribution in [0.1, 0.15) is 17.3 Å². The van der Waals surface area contributed by atoms with Gasteiger partial charge in [-0.2, -0.15) is 30.7 Å². The Morgan fingerprint density at radius 2 is 1.42 bits per heavy atom. The first-order chi connectivity index (χ1) is 11.6. The zero-order chi connectivity index (χ0) is 20.6. The molecule has 0 fully saturated rings. The Hall–Kier alpha value is -1.47. The second-order valence-corrected chi connectivity index (χ2v) is 6.18. The van der Waals surface area contributed by atoms with Gasteiger partial charge in [-0.1, -0.05) is 18.2 Å². The van der Waals surface area contributed by atoms with Crippen molar-refractivity contribution < 1.29 is 44.3 Å². The number of halogens is 10. The van der Waals surface area contributed by atoms with Crippen LogP contribution in [0.25, 0.3) is 0 Å². The molecule has 2 nitrogen and oxygen atoms in total. The highest BCUT2D eigenvalue weighted by atomic mass is 127. The quantitative estimate of drug-likeness (QED) is 0.318. The molecule has 0 bridgehead atoms. The monoisotopic (exact) mass is 505 g/mol. The van der Waals surface area contributed by atoms with Crippen molar-refractivity contribution in [1.82, 2.24) is 5.32 Å². The molecule has 0 aliphatic rings. The van der Waals surface area contributed by atoms with Crippen molar-refractivity contribution in [2.45, 2.75) is 30.7 Å². The molecular formula is C14H9F9INO. The van der Waals surface area contributed by atoms with Crippen LogP contribution in [0.3, 0.4) is 0 Å². The van der Waals surface area contributed by atoms with E-state index in [0.29, 0.717) is 5.32 Å². The molecule has 1 atom stereocenters. The van der Waals surface area contributed by atoms with Crippen LogP contribution in [-0.4, -0.2) is 29.7 Å². The van der Waals surface area contributed by atoms with Gasteiger partial charge >= 0.3 is 18.1 Å². The first kappa shape index (κ1) is 22.6. The fourth-order valence-electron chi connectivity index (χ4n) is 1.49. The predicted molar refractivity (Wildman–Crippen MR) is 81.5 cm³/mol. The van der Waals surface area contributed by atoms with Crippen molar-refractivity contribution >= 4 is 28.5 Å². The summed E-state index contributed by atoms with van der Waals surface area (Å²) in [7, 11) is 0. The summed E-state index contributed by atoms with van der Waals surface area (Å²) < 4.78 is 117. The van der Waals surface area contributed by atoms with Gasteiger partial charge in [0.2, 0.25) is 0 Å². The highest BCUT2D eigenvalue weighted by Gasteiger charge is 2.64. The predicted octanol–water partition coefficient (Wildman–Crippen LogP) is 5.55. The number of rotatable bonds is 5. The third-order valence-corrected chi connectivity index (χ3v) is 4.26. The fourth-order valence-corrected chi connectivity index (χ4v) is 2.33. The number of carbonyl (C=O) groups excluding carboxylic acids is 1. The number of nitrogens with one attached hydrogen (secondary N) is 1. The molecule has 0 saturated heterocycles. The first-order valence-corrected chi connectivity index (χ1v) is 7.58. The smallest absolute Gasteiger partial charge is 0.288 e. The van der Waals surface area contributed by atoms with Gasteiger partial charge in [0.25, 0.3) is 11.6 Å². The van der Waals surface area contributed by atoms with Gasteiger partial charge in [0.1, 0.15) is 3.58 Å². The van der Waals surface area contributed by atoms with Crippen molar-refractivity contribution in [1.29, 1.82) is 0 Å². The third-order valence-electron chi connectivity index (χ3n) is 3.11. The Labute approximate surface area is 154 Å². The van der Waals surface area contributed by atoms with E-state index in [4.69, 9.17) is 0 Å². The number of benzene rings is 1. The van der Waals surface area contributed by atoms with E-state index >= 15 is 0 Å². The molecule has 0 aromatic heterocycles. The lowest BCUT2D eigenvalue weighted by molar-refractivity contribution is -0.219. The zero-order valence-electron chi connectivity index (χ0n) is 12.6. The lowest BCUT2D eigenvalue weighted by Crippen LogP contribution is -2.55. The molecule has 0 aliphatic heterocycles. The fraction of sp³-hybridized carbons (Fsp3) is 0.357. The van der Waals surface area contributed by atoms with Gasteiger partial charge in [-0.25, -0.2) is 8.78 Å². The summed E-state index contributed by atoms with van der Waals surface area (Å²) in [6.07, 6.45) is -5.97. The zero-order valence-corrected chi connectivity index (χ0v) is 14.7. The lowest BCUT2D eigenvalue weighted by atomic mass is 10.0. The number of allylic oxidation sites excluding steroid dienone is 1. The second-order valence-electron chi connectivity index (χ2n) is 5.10. The summed E-state index contributed by atoms with van der Waals surface area (Å²) in [6, 6.07) is 0.332. The van der Waals surface area contributed by atoms with Crippen LogP contribution in [0.4, 0.5) is 39.5 Å². The summed E-state index contributed by atoms with van der Waals surface area (Å²) in [5.41, 5.74) is -5.39. The van der Waals surface area contributed by atoms with Crippen LogP contribution in [-0.2, 0) is 0 Å². The van der Waals surface area contributed by atoms with Crippen molar-refractivity contribution in [3.63, 3.8) is 0 Å². The third kappa shape index (κ3) is 4.26. The molecule has 1 unspecified atom stereocenters. The first-order valence-electron chi connectivity index (χ1n) is 6.50. The van der Waals surface area contributed by atoms with Gasteiger partial charge in [-0.15, -0.1) is 0 Å². The van der Waals surface area contributed by atoms with Crippen molar-refractivity contribution in [2.75, 3.05) is 0 Å². The summed E-state index contributed by atoms with van der Waals surface area (Å²) >= 11 is 0.146. The Balaban J connectivity index is 3.25. The Bertz CT molecular complexity index is 698. The van der Waals surface area contributed by atoms with E-state index in [0.717, 1.165) is 12.1 Å². The maximum Gasteiger partial charge on any atom is 0.428 e. The maximum atomic E-state index is 13.8. The number of hydrogen-bond acceptors (Lipinski definition) is 1. The molecule has 0 aliphatic carbocycles. The number of alkyl halides is 8. The minimum atomic E-state index is -5.97. The minimum absolute atomic E-state index is 0.146. The molecule has 26 heavy (non-hydrogen) atoms. The van der Waals surface area contributed by atoms with Gasteiger partial charge in [-0.05, 0) is 41.6 Å². The van der Waals surface area contributed by atoms with Gasteiger partial charge in [0, 0.05) is 5.56 Å². The number of amides is 1. The van der Waals surface area contributed by atoms with Gasteiger partial charge < -0.3 is 0 Å². The Morgan fingerprint density at radius 3 is 1.85 bits per heavy atom. The summed E-state index contributed by atoms with van der Waals surface area (Å²) in [5, 5.41) is 0.607. The highest BCUT2D eigenvalue weighted by molar-refractivity contribution is 14.1. The molecule has 1 aromatic rings. The molecule has 12 heteroatoms. The normalized spacial score (nSPS) is 16.6. The molecular weight excluding hydrogens is 496 g/mol. The lowest BCUT2D eigenvalue weighted by Gasteiger charge is -2.29. The average molecular weight is 505 g/mol. The van der Waals surface area contributed by atoms with Crippen LogP contribution in [0.2, 0.25) is 0 Å². The van der Waals surface area contributed by atoms with Crippen LogP contribution < -0.4 is 5.32 Å². The number of carbonyl (C=O) groups is 1. The van der Waals surface area contributed by atoms with Gasteiger partial charge in [0.15, 0.2) is 5.83 Å².